The quantitative estimate of drug-likeness (QED) is 0.790. The Morgan fingerprint density at radius 1 is 1.11 bits per heavy atom. The maximum Gasteiger partial charge on any atom is 0.150 e. The predicted molar refractivity (Wildman–Crippen MR) is 80.8 cm³/mol. The lowest BCUT2D eigenvalue weighted by Gasteiger charge is -2.12. The molecule has 2 nitrogen and oxygen atoms in total. The van der Waals surface area contributed by atoms with Crippen molar-refractivity contribution in [2.45, 2.75) is 33.1 Å². The van der Waals surface area contributed by atoms with Crippen LogP contribution in [0.3, 0.4) is 0 Å². The van der Waals surface area contributed by atoms with E-state index >= 15 is 0 Å². The van der Waals surface area contributed by atoms with Gasteiger partial charge in [0.15, 0.2) is 5.75 Å². The molecule has 0 aliphatic heterocycles. The highest BCUT2D eigenvalue weighted by Gasteiger charge is 2.05. The summed E-state index contributed by atoms with van der Waals surface area (Å²) < 4.78 is 5.83. The van der Waals surface area contributed by atoms with Crippen LogP contribution in [0.5, 0.6) is 11.5 Å². The van der Waals surface area contributed by atoms with Crippen molar-refractivity contribution in [3.63, 3.8) is 0 Å². The molecule has 0 radical (unpaired) electrons. The molecule has 19 heavy (non-hydrogen) atoms. The summed E-state index contributed by atoms with van der Waals surface area (Å²) in [5.41, 5.74) is 9.05. The molecule has 1 atom stereocenters. The van der Waals surface area contributed by atoms with E-state index in [2.05, 4.69) is 26.0 Å². The Morgan fingerprint density at radius 3 is 2.42 bits per heavy atom. The van der Waals surface area contributed by atoms with Crippen molar-refractivity contribution >= 4 is 5.69 Å². The van der Waals surface area contributed by atoms with Crippen LogP contribution in [0.1, 0.15) is 37.3 Å². The summed E-state index contributed by atoms with van der Waals surface area (Å²) in [7, 11) is 0. The molecule has 0 saturated heterocycles. The second-order valence-electron chi connectivity index (χ2n) is 5.02. The monoisotopic (exact) mass is 255 g/mol. The number of aryl methyl sites for hydroxylation is 1. The van der Waals surface area contributed by atoms with Crippen molar-refractivity contribution in [3.8, 4) is 11.5 Å². The van der Waals surface area contributed by atoms with Crippen LogP contribution < -0.4 is 10.5 Å². The molecule has 0 unspecified atom stereocenters. The van der Waals surface area contributed by atoms with Crippen molar-refractivity contribution in [1.29, 1.82) is 0 Å². The maximum atomic E-state index is 5.91. The topological polar surface area (TPSA) is 35.2 Å². The van der Waals surface area contributed by atoms with Crippen LogP contribution in [0.15, 0.2) is 42.5 Å². The normalized spacial score (nSPS) is 12.2. The van der Waals surface area contributed by atoms with Gasteiger partial charge in [0.1, 0.15) is 5.75 Å². The lowest BCUT2D eigenvalue weighted by atomic mass is 9.99. The zero-order chi connectivity index (χ0) is 13.8. The molecule has 0 fully saturated rings. The zero-order valence-electron chi connectivity index (χ0n) is 11.8. The Labute approximate surface area is 115 Å². The van der Waals surface area contributed by atoms with Gasteiger partial charge in [0.2, 0.25) is 0 Å². The molecule has 2 aromatic rings. The van der Waals surface area contributed by atoms with Crippen LogP contribution in [0, 0.1) is 6.92 Å². The zero-order valence-corrected chi connectivity index (χ0v) is 11.8. The minimum Gasteiger partial charge on any atom is -0.455 e. The highest BCUT2D eigenvalue weighted by molar-refractivity contribution is 5.55. The van der Waals surface area contributed by atoms with E-state index in [0.29, 0.717) is 11.6 Å². The van der Waals surface area contributed by atoms with Gasteiger partial charge in [0.25, 0.3) is 0 Å². The van der Waals surface area contributed by atoms with Crippen LogP contribution in [-0.2, 0) is 0 Å². The first-order valence-electron chi connectivity index (χ1n) is 6.74. The summed E-state index contributed by atoms with van der Waals surface area (Å²) in [6, 6.07) is 14.1. The highest BCUT2D eigenvalue weighted by atomic mass is 16.5. The molecular weight excluding hydrogens is 234 g/mol. The number of hydrogen-bond acceptors (Lipinski definition) is 2. The summed E-state index contributed by atoms with van der Waals surface area (Å²) in [4.78, 5) is 0. The van der Waals surface area contributed by atoms with Gasteiger partial charge in [0, 0.05) is 0 Å². The van der Waals surface area contributed by atoms with E-state index in [1.54, 1.807) is 0 Å². The Morgan fingerprint density at radius 2 is 1.79 bits per heavy atom. The van der Waals surface area contributed by atoms with Gasteiger partial charge in [-0.3, -0.25) is 0 Å². The van der Waals surface area contributed by atoms with Crippen molar-refractivity contribution in [1.82, 2.24) is 0 Å². The number of ether oxygens (including phenoxy) is 1. The molecule has 0 aliphatic rings. The van der Waals surface area contributed by atoms with Crippen molar-refractivity contribution in [3.05, 3.63) is 53.6 Å². The van der Waals surface area contributed by atoms with E-state index in [1.807, 2.05) is 37.3 Å². The SMILES string of the molecule is CC[C@H](C)c1ccc(Oc2cc(C)ccc2N)cc1. The van der Waals surface area contributed by atoms with Gasteiger partial charge in [0.05, 0.1) is 5.69 Å². The number of nitrogen functional groups attached to an aromatic ring is 1. The molecule has 2 rings (SSSR count). The second kappa shape index (κ2) is 5.79. The Hall–Kier alpha value is -1.96. The third-order valence-corrected chi connectivity index (χ3v) is 3.46. The summed E-state index contributed by atoms with van der Waals surface area (Å²) in [6.45, 7) is 6.45. The summed E-state index contributed by atoms with van der Waals surface area (Å²) in [6.07, 6.45) is 1.14. The fraction of sp³-hybridized carbons (Fsp3) is 0.294. The number of anilines is 1. The van der Waals surface area contributed by atoms with Crippen molar-refractivity contribution < 1.29 is 4.74 Å². The Balaban J connectivity index is 2.17. The standard InChI is InChI=1S/C17H21NO/c1-4-13(3)14-6-8-15(9-7-14)19-17-11-12(2)5-10-16(17)18/h5-11,13H,4,18H2,1-3H3/t13-/m0/s1. The molecule has 100 valence electrons. The summed E-state index contributed by atoms with van der Waals surface area (Å²) in [5.74, 6) is 2.12. The molecule has 0 heterocycles. The third-order valence-electron chi connectivity index (χ3n) is 3.46. The minimum atomic E-state index is 0.582. The molecule has 0 bridgehead atoms. The van der Waals surface area contributed by atoms with E-state index in [4.69, 9.17) is 10.5 Å². The van der Waals surface area contributed by atoms with Gasteiger partial charge in [-0.1, -0.05) is 32.0 Å². The molecule has 2 heteroatoms. The lowest BCUT2D eigenvalue weighted by Crippen LogP contribution is -1.94. The lowest BCUT2D eigenvalue weighted by molar-refractivity contribution is 0.484. The van der Waals surface area contributed by atoms with E-state index in [0.717, 1.165) is 23.5 Å². The van der Waals surface area contributed by atoms with Gasteiger partial charge in [-0.2, -0.15) is 0 Å². The molecule has 0 aliphatic carbocycles. The number of rotatable bonds is 4. The van der Waals surface area contributed by atoms with E-state index in [9.17, 15) is 0 Å². The van der Waals surface area contributed by atoms with Crippen LogP contribution >= 0.6 is 0 Å². The Kier molecular flexibility index (Phi) is 4.10. The van der Waals surface area contributed by atoms with Crippen LogP contribution in [0.4, 0.5) is 5.69 Å². The summed E-state index contributed by atoms with van der Waals surface area (Å²) in [5, 5.41) is 0. The smallest absolute Gasteiger partial charge is 0.150 e. The molecule has 2 N–H and O–H groups in total. The average Bonchev–Trinajstić information content (AvgIpc) is 2.43. The molecule has 0 spiro atoms. The van der Waals surface area contributed by atoms with Crippen molar-refractivity contribution in [2.75, 3.05) is 5.73 Å². The van der Waals surface area contributed by atoms with E-state index < -0.39 is 0 Å². The largest absolute Gasteiger partial charge is 0.455 e. The highest BCUT2D eigenvalue weighted by Crippen LogP contribution is 2.29. The second-order valence-corrected chi connectivity index (χ2v) is 5.02. The average molecular weight is 255 g/mol. The van der Waals surface area contributed by atoms with Crippen LogP contribution in [0.25, 0.3) is 0 Å². The maximum absolute atomic E-state index is 5.91. The molecule has 0 aromatic heterocycles. The van der Waals surface area contributed by atoms with E-state index in [-0.39, 0.29) is 0 Å². The Bertz CT molecular complexity index is 546. The van der Waals surface area contributed by atoms with E-state index in [1.165, 1.54) is 5.56 Å². The van der Waals surface area contributed by atoms with Crippen molar-refractivity contribution in [2.24, 2.45) is 0 Å². The first-order valence-corrected chi connectivity index (χ1v) is 6.74. The molecule has 0 saturated carbocycles. The number of nitrogens with two attached hydrogens (primary N) is 1. The minimum absolute atomic E-state index is 0.582. The molecular formula is C17H21NO. The fourth-order valence-electron chi connectivity index (χ4n) is 1.96. The van der Waals surface area contributed by atoms with Gasteiger partial charge in [-0.25, -0.2) is 0 Å². The number of hydrogen-bond donors (Lipinski definition) is 1. The van der Waals surface area contributed by atoms with Crippen LogP contribution in [-0.4, -0.2) is 0 Å². The predicted octanol–water partition coefficient (Wildman–Crippen LogP) is 4.88. The summed E-state index contributed by atoms with van der Waals surface area (Å²) >= 11 is 0. The molecule has 2 aromatic carbocycles. The fourth-order valence-corrected chi connectivity index (χ4v) is 1.96. The first kappa shape index (κ1) is 13.5. The van der Waals surface area contributed by atoms with Gasteiger partial charge in [-0.15, -0.1) is 0 Å². The number of benzene rings is 2. The first-order chi connectivity index (χ1) is 9.10. The van der Waals surface area contributed by atoms with Gasteiger partial charge < -0.3 is 10.5 Å². The third kappa shape index (κ3) is 3.28. The molecule has 0 amide bonds. The van der Waals surface area contributed by atoms with Crippen LogP contribution in [0.2, 0.25) is 0 Å². The van der Waals surface area contributed by atoms with Gasteiger partial charge in [-0.05, 0) is 54.7 Å². The van der Waals surface area contributed by atoms with Gasteiger partial charge >= 0.3 is 0 Å².